The molecule has 2 heterocycles. The minimum absolute atomic E-state index is 0.0999. The van der Waals surface area contributed by atoms with Crippen LogP contribution in [0.5, 0.6) is 0 Å². The highest BCUT2D eigenvalue weighted by Gasteiger charge is 2.25. The predicted molar refractivity (Wildman–Crippen MR) is 97.5 cm³/mol. The van der Waals surface area contributed by atoms with Crippen molar-refractivity contribution in [3.63, 3.8) is 0 Å². The molecule has 6 heteroatoms. The van der Waals surface area contributed by atoms with Crippen LogP contribution in [-0.2, 0) is 11.3 Å². The number of hydrogen-bond donors (Lipinski definition) is 1. The van der Waals surface area contributed by atoms with Crippen LogP contribution in [0.4, 0.5) is 0 Å². The Kier molecular flexibility index (Phi) is 4.85. The Hall–Kier alpha value is -1.95. The van der Waals surface area contributed by atoms with Gasteiger partial charge in [0.2, 0.25) is 5.91 Å². The zero-order chi connectivity index (χ0) is 17.3. The van der Waals surface area contributed by atoms with Gasteiger partial charge in [0.1, 0.15) is 0 Å². The molecule has 1 aromatic heterocycles. The summed E-state index contributed by atoms with van der Waals surface area (Å²) in [4.78, 5) is 30.1. The predicted octanol–water partition coefficient (Wildman–Crippen LogP) is 2.95. The molecule has 0 saturated carbocycles. The van der Waals surface area contributed by atoms with Crippen molar-refractivity contribution in [2.45, 2.75) is 33.2 Å². The van der Waals surface area contributed by atoms with E-state index in [-0.39, 0.29) is 11.5 Å². The molecule has 1 amide bonds. The molecule has 0 radical (unpaired) electrons. The van der Waals surface area contributed by atoms with E-state index in [2.05, 4.69) is 18.8 Å². The SMILES string of the molecule is C[C@@H]1C[C@H](C)CN(C(=O)CCn2c(=S)[nH]c3ccccc3c2=O)C1. The van der Waals surface area contributed by atoms with Gasteiger partial charge in [0, 0.05) is 26.1 Å². The van der Waals surface area contributed by atoms with Crippen molar-refractivity contribution >= 4 is 29.0 Å². The molecule has 1 saturated heterocycles. The lowest BCUT2D eigenvalue weighted by Crippen LogP contribution is -2.43. The van der Waals surface area contributed by atoms with E-state index >= 15 is 0 Å². The maximum atomic E-state index is 12.6. The summed E-state index contributed by atoms with van der Waals surface area (Å²) < 4.78 is 1.86. The lowest BCUT2D eigenvalue weighted by Gasteiger charge is -2.35. The molecule has 2 atom stereocenters. The second kappa shape index (κ2) is 6.89. The fourth-order valence-electron chi connectivity index (χ4n) is 3.63. The molecule has 1 N–H and O–H groups in total. The highest BCUT2D eigenvalue weighted by Crippen LogP contribution is 2.21. The van der Waals surface area contributed by atoms with Crippen LogP contribution in [0.3, 0.4) is 0 Å². The Bertz CT molecular complexity index is 860. The number of nitrogens with zero attached hydrogens (tertiary/aromatic N) is 2. The van der Waals surface area contributed by atoms with Crippen molar-refractivity contribution in [2.75, 3.05) is 13.1 Å². The van der Waals surface area contributed by atoms with Gasteiger partial charge in [-0.1, -0.05) is 26.0 Å². The number of piperidine rings is 1. The van der Waals surface area contributed by atoms with E-state index in [0.29, 0.717) is 35.0 Å². The number of nitrogens with one attached hydrogen (secondary N) is 1. The average Bonchev–Trinajstić information content (AvgIpc) is 2.53. The number of para-hydroxylation sites is 1. The summed E-state index contributed by atoms with van der Waals surface area (Å²) in [6, 6.07) is 7.29. The van der Waals surface area contributed by atoms with Gasteiger partial charge in [-0.3, -0.25) is 14.2 Å². The molecular weight excluding hydrogens is 322 g/mol. The van der Waals surface area contributed by atoms with E-state index in [1.165, 1.54) is 11.0 Å². The van der Waals surface area contributed by atoms with Gasteiger partial charge in [0.25, 0.3) is 5.56 Å². The molecule has 1 aromatic carbocycles. The summed E-state index contributed by atoms with van der Waals surface area (Å²) in [5.74, 6) is 1.16. The van der Waals surface area contributed by atoms with Crippen molar-refractivity contribution in [1.82, 2.24) is 14.5 Å². The molecule has 0 bridgehead atoms. The molecule has 0 aliphatic carbocycles. The fourth-order valence-corrected chi connectivity index (χ4v) is 3.92. The van der Waals surface area contributed by atoms with E-state index in [0.717, 1.165) is 18.6 Å². The van der Waals surface area contributed by atoms with E-state index in [4.69, 9.17) is 12.2 Å². The molecule has 2 aromatic rings. The second-order valence-corrected chi connectivity index (χ2v) is 7.31. The van der Waals surface area contributed by atoms with E-state index in [1.54, 1.807) is 6.07 Å². The highest BCUT2D eigenvalue weighted by molar-refractivity contribution is 7.71. The Morgan fingerprint density at radius 2 is 1.92 bits per heavy atom. The number of amides is 1. The van der Waals surface area contributed by atoms with Gasteiger partial charge in [0.15, 0.2) is 4.77 Å². The number of rotatable bonds is 3. The van der Waals surface area contributed by atoms with Gasteiger partial charge in [-0.05, 0) is 42.6 Å². The maximum Gasteiger partial charge on any atom is 0.262 e. The smallest absolute Gasteiger partial charge is 0.262 e. The Labute approximate surface area is 146 Å². The highest BCUT2D eigenvalue weighted by atomic mass is 32.1. The lowest BCUT2D eigenvalue weighted by molar-refractivity contribution is -0.134. The molecule has 1 aliphatic heterocycles. The molecule has 128 valence electrons. The van der Waals surface area contributed by atoms with Crippen molar-refractivity contribution in [1.29, 1.82) is 0 Å². The Morgan fingerprint density at radius 1 is 1.25 bits per heavy atom. The maximum absolute atomic E-state index is 12.6. The summed E-state index contributed by atoms with van der Waals surface area (Å²) in [6.45, 7) is 6.29. The standard InChI is InChI=1S/C18H23N3O2S/c1-12-9-13(2)11-20(10-12)16(22)7-8-21-17(23)14-5-3-4-6-15(14)19-18(21)24/h3-6,12-13H,7-11H2,1-2H3,(H,19,24)/t12-,13+. The van der Waals surface area contributed by atoms with Gasteiger partial charge in [-0.25, -0.2) is 0 Å². The third-order valence-electron chi connectivity index (χ3n) is 4.66. The van der Waals surface area contributed by atoms with Crippen LogP contribution >= 0.6 is 12.2 Å². The number of benzene rings is 1. The molecule has 1 fully saturated rings. The van der Waals surface area contributed by atoms with Crippen molar-refractivity contribution in [3.05, 3.63) is 39.4 Å². The number of carbonyl (C=O) groups is 1. The first-order chi connectivity index (χ1) is 11.5. The number of aromatic nitrogens is 2. The topological polar surface area (TPSA) is 58.1 Å². The molecule has 5 nitrogen and oxygen atoms in total. The van der Waals surface area contributed by atoms with E-state index in [1.807, 2.05) is 23.1 Å². The first-order valence-electron chi connectivity index (χ1n) is 8.45. The summed E-state index contributed by atoms with van der Waals surface area (Å²) in [5.41, 5.74) is 0.594. The summed E-state index contributed by atoms with van der Waals surface area (Å²) in [6.07, 6.45) is 1.47. The Morgan fingerprint density at radius 3 is 2.62 bits per heavy atom. The number of fused-ring (bicyclic) bond motifs is 1. The summed E-state index contributed by atoms with van der Waals surface area (Å²) in [5, 5.41) is 0.596. The summed E-state index contributed by atoms with van der Waals surface area (Å²) in [7, 11) is 0. The molecule has 24 heavy (non-hydrogen) atoms. The van der Waals surface area contributed by atoms with Crippen LogP contribution in [0.15, 0.2) is 29.1 Å². The van der Waals surface area contributed by atoms with Gasteiger partial charge in [0.05, 0.1) is 10.9 Å². The normalized spacial score (nSPS) is 21.2. The van der Waals surface area contributed by atoms with Crippen molar-refractivity contribution in [3.8, 4) is 0 Å². The number of H-pyrrole nitrogens is 1. The van der Waals surface area contributed by atoms with Crippen LogP contribution in [0.25, 0.3) is 10.9 Å². The molecule has 3 rings (SSSR count). The quantitative estimate of drug-likeness (QED) is 0.870. The van der Waals surface area contributed by atoms with Crippen molar-refractivity contribution < 1.29 is 4.79 Å². The van der Waals surface area contributed by atoms with Gasteiger partial charge < -0.3 is 9.88 Å². The van der Waals surface area contributed by atoms with Crippen LogP contribution in [-0.4, -0.2) is 33.4 Å². The van der Waals surface area contributed by atoms with Crippen LogP contribution in [0, 0.1) is 16.6 Å². The monoisotopic (exact) mass is 345 g/mol. The molecule has 0 unspecified atom stereocenters. The number of hydrogen-bond acceptors (Lipinski definition) is 3. The third-order valence-corrected chi connectivity index (χ3v) is 4.98. The first kappa shape index (κ1) is 16.9. The number of carbonyl (C=O) groups excluding carboxylic acids is 1. The van der Waals surface area contributed by atoms with Gasteiger partial charge in [-0.2, -0.15) is 0 Å². The largest absolute Gasteiger partial charge is 0.342 e. The average molecular weight is 345 g/mol. The van der Waals surface area contributed by atoms with Crippen LogP contribution in [0.2, 0.25) is 0 Å². The Balaban J connectivity index is 1.77. The van der Waals surface area contributed by atoms with E-state index in [9.17, 15) is 9.59 Å². The van der Waals surface area contributed by atoms with Gasteiger partial charge >= 0.3 is 0 Å². The van der Waals surface area contributed by atoms with Crippen LogP contribution in [0.1, 0.15) is 26.7 Å². The van der Waals surface area contributed by atoms with Crippen molar-refractivity contribution in [2.24, 2.45) is 11.8 Å². The zero-order valence-corrected chi connectivity index (χ0v) is 14.9. The van der Waals surface area contributed by atoms with E-state index < -0.39 is 0 Å². The summed E-state index contributed by atoms with van der Waals surface area (Å²) >= 11 is 5.30. The number of aromatic amines is 1. The van der Waals surface area contributed by atoms with Crippen LogP contribution < -0.4 is 5.56 Å². The zero-order valence-electron chi connectivity index (χ0n) is 14.1. The second-order valence-electron chi connectivity index (χ2n) is 6.93. The fraction of sp³-hybridized carbons (Fsp3) is 0.500. The minimum Gasteiger partial charge on any atom is -0.342 e. The van der Waals surface area contributed by atoms with Gasteiger partial charge in [-0.15, -0.1) is 0 Å². The minimum atomic E-state index is -0.137. The lowest BCUT2D eigenvalue weighted by atomic mass is 9.92. The number of likely N-dealkylation sites (tertiary alicyclic amines) is 1. The molecule has 0 spiro atoms. The molecule has 1 aliphatic rings. The third kappa shape index (κ3) is 3.43. The first-order valence-corrected chi connectivity index (χ1v) is 8.86. The molecular formula is C18H23N3O2S.